The number of rotatable bonds is 3. The lowest BCUT2D eigenvalue weighted by atomic mass is 10.0. The van der Waals surface area contributed by atoms with Crippen LogP contribution >= 0.6 is 0 Å². The number of aromatic nitrogens is 1. The van der Waals surface area contributed by atoms with Gasteiger partial charge in [0.1, 0.15) is 30.0 Å². The van der Waals surface area contributed by atoms with Gasteiger partial charge in [0.05, 0.1) is 12.6 Å². The van der Waals surface area contributed by atoms with Crippen LogP contribution in [0.3, 0.4) is 0 Å². The fourth-order valence-corrected chi connectivity index (χ4v) is 3.80. The smallest absolute Gasteiger partial charge is 0.412 e. The lowest BCUT2D eigenvalue weighted by Gasteiger charge is -2.33. The quantitative estimate of drug-likeness (QED) is 0.829. The highest BCUT2D eigenvalue weighted by Gasteiger charge is 2.34. The zero-order chi connectivity index (χ0) is 21.4. The maximum absolute atomic E-state index is 13.6. The van der Waals surface area contributed by atoms with Gasteiger partial charge in [-0.1, -0.05) is 12.1 Å². The average Bonchev–Trinajstić information content (AvgIpc) is 3.14. The third-order valence-electron chi connectivity index (χ3n) is 5.34. The maximum atomic E-state index is 13.6. The van der Waals surface area contributed by atoms with Gasteiger partial charge in [-0.25, -0.2) is 18.6 Å². The summed E-state index contributed by atoms with van der Waals surface area (Å²) in [4.78, 5) is 31.8. The lowest BCUT2D eigenvalue weighted by Crippen LogP contribution is -2.45. The molecule has 0 radical (unpaired) electrons. The molecule has 0 aliphatic carbocycles. The molecule has 4 rings (SSSR count). The third kappa shape index (κ3) is 3.79. The Morgan fingerprint density at radius 2 is 2.03 bits per heavy atom. The summed E-state index contributed by atoms with van der Waals surface area (Å²) in [5.41, 5.74) is 1.53. The highest BCUT2D eigenvalue weighted by molar-refractivity contribution is 5.96. The number of ether oxygens (including phenoxy) is 1. The van der Waals surface area contributed by atoms with Crippen molar-refractivity contribution in [1.29, 1.82) is 0 Å². The second-order valence-corrected chi connectivity index (χ2v) is 7.57. The van der Waals surface area contributed by atoms with Crippen LogP contribution in [0.2, 0.25) is 0 Å². The molecule has 2 aromatic rings. The van der Waals surface area contributed by atoms with Crippen LogP contribution in [0.25, 0.3) is 0 Å². The van der Waals surface area contributed by atoms with Crippen LogP contribution in [0.1, 0.15) is 35.0 Å². The van der Waals surface area contributed by atoms with E-state index in [0.29, 0.717) is 5.56 Å². The fraction of sp³-hybridized carbons (Fsp3) is 0.381. The van der Waals surface area contributed by atoms with Crippen molar-refractivity contribution in [3.8, 4) is 5.88 Å². The Balaban J connectivity index is 1.78. The van der Waals surface area contributed by atoms with Gasteiger partial charge < -0.3 is 14.7 Å². The molecule has 0 spiro atoms. The molecule has 2 aliphatic rings. The van der Waals surface area contributed by atoms with Gasteiger partial charge in [0.15, 0.2) is 0 Å². The first-order valence-electron chi connectivity index (χ1n) is 9.70. The van der Waals surface area contributed by atoms with Crippen molar-refractivity contribution in [3.63, 3.8) is 0 Å². The Kier molecular flexibility index (Phi) is 5.27. The molecule has 0 saturated carbocycles. The van der Waals surface area contributed by atoms with Crippen LogP contribution in [0.15, 0.2) is 30.3 Å². The van der Waals surface area contributed by atoms with Gasteiger partial charge in [-0.2, -0.15) is 0 Å². The van der Waals surface area contributed by atoms with Gasteiger partial charge in [0.2, 0.25) is 5.88 Å². The van der Waals surface area contributed by atoms with Crippen molar-refractivity contribution < 1.29 is 28.2 Å². The summed E-state index contributed by atoms with van der Waals surface area (Å²) >= 11 is 0. The van der Waals surface area contributed by atoms with Crippen LogP contribution in [0.4, 0.5) is 19.3 Å². The Hall–Kier alpha value is -3.23. The summed E-state index contributed by atoms with van der Waals surface area (Å²) in [6.07, 6.45) is -1.73. The summed E-state index contributed by atoms with van der Waals surface area (Å²) in [6, 6.07) is 6.95. The Labute approximate surface area is 171 Å². The van der Waals surface area contributed by atoms with E-state index in [0.717, 1.165) is 10.5 Å². The topological polar surface area (TPSA) is 83.0 Å². The standard InChI is InChI=1S/C21H21F2N3O4/c1-12-11-30-19-17(26(12)21(28)29)9-14(8-13-2-4-15(22)5-3-13)18(24-19)20(27)25-7-6-16(23)10-25/h2-5,9,12,16H,6-8,10-11H2,1H3,(H,28,29)/t12-,16-/m0/s1. The number of benzene rings is 1. The van der Waals surface area contributed by atoms with E-state index in [4.69, 9.17) is 4.74 Å². The molecule has 158 valence electrons. The highest BCUT2D eigenvalue weighted by atomic mass is 19.1. The van der Waals surface area contributed by atoms with E-state index >= 15 is 0 Å². The van der Waals surface area contributed by atoms with Gasteiger partial charge in [0.25, 0.3) is 5.91 Å². The van der Waals surface area contributed by atoms with Crippen LogP contribution in [-0.4, -0.2) is 58.9 Å². The average molecular weight is 417 g/mol. The van der Waals surface area contributed by atoms with Gasteiger partial charge in [-0.15, -0.1) is 0 Å². The van der Waals surface area contributed by atoms with E-state index < -0.39 is 24.2 Å². The Morgan fingerprint density at radius 3 is 2.67 bits per heavy atom. The lowest BCUT2D eigenvalue weighted by molar-refractivity contribution is 0.0774. The van der Waals surface area contributed by atoms with Crippen LogP contribution in [-0.2, 0) is 6.42 Å². The number of fused-ring (bicyclic) bond motifs is 1. The van der Waals surface area contributed by atoms with Crippen molar-refractivity contribution in [2.24, 2.45) is 0 Å². The van der Waals surface area contributed by atoms with E-state index in [1.807, 2.05) is 0 Å². The van der Waals surface area contributed by atoms with Gasteiger partial charge >= 0.3 is 6.09 Å². The van der Waals surface area contributed by atoms with Crippen LogP contribution < -0.4 is 9.64 Å². The molecule has 1 N–H and O–H groups in total. The van der Waals surface area contributed by atoms with Crippen molar-refractivity contribution in [3.05, 3.63) is 53.0 Å². The second-order valence-electron chi connectivity index (χ2n) is 7.57. The van der Waals surface area contributed by atoms with E-state index in [-0.39, 0.29) is 55.6 Å². The molecule has 30 heavy (non-hydrogen) atoms. The number of carbonyl (C=O) groups excluding carboxylic acids is 1. The maximum Gasteiger partial charge on any atom is 0.412 e. The van der Waals surface area contributed by atoms with Crippen molar-refractivity contribution in [2.75, 3.05) is 24.6 Å². The number of carboxylic acid groups (broad SMARTS) is 1. The number of anilines is 1. The number of pyridine rings is 1. The Morgan fingerprint density at radius 1 is 1.30 bits per heavy atom. The van der Waals surface area contributed by atoms with Gasteiger partial charge in [0, 0.05) is 6.54 Å². The molecule has 2 aliphatic heterocycles. The molecule has 1 aromatic carbocycles. The van der Waals surface area contributed by atoms with Gasteiger partial charge in [-0.3, -0.25) is 9.69 Å². The van der Waals surface area contributed by atoms with Crippen molar-refractivity contribution in [1.82, 2.24) is 9.88 Å². The molecule has 1 aromatic heterocycles. The molecule has 7 nitrogen and oxygen atoms in total. The summed E-state index contributed by atoms with van der Waals surface area (Å²) < 4.78 is 32.5. The molecule has 1 saturated heterocycles. The number of hydrogen-bond acceptors (Lipinski definition) is 4. The minimum Gasteiger partial charge on any atom is -0.474 e. The van der Waals surface area contributed by atoms with E-state index in [1.165, 1.54) is 17.0 Å². The number of likely N-dealkylation sites (tertiary alicyclic amines) is 1. The molecule has 2 amide bonds. The summed E-state index contributed by atoms with van der Waals surface area (Å²) in [7, 11) is 0. The normalized spacial score (nSPS) is 20.6. The zero-order valence-electron chi connectivity index (χ0n) is 16.3. The largest absolute Gasteiger partial charge is 0.474 e. The number of alkyl halides is 1. The summed E-state index contributed by atoms with van der Waals surface area (Å²) in [5.74, 6) is -0.763. The summed E-state index contributed by atoms with van der Waals surface area (Å²) in [5, 5.41) is 9.63. The number of halogens is 2. The molecule has 0 unspecified atom stereocenters. The molecule has 3 heterocycles. The highest BCUT2D eigenvalue weighted by Crippen LogP contribution is 2.35. The van der Waals surface area contributed by atoms with E-state index in [9.17, 15) is 23.5 Å². The van der Waals surface area contributed by atoms with E-state index in [1.54, 1.807) is 25.1 Å². The number of amides is 2. The van der Waals surface area contributed by atoms with Crippen molar-refractivity contribution in [2.45, 2.75) is 32.0 Å². The number of hydrogen-bond donors (Lipinski definition) is 1. The number of carbonyl (C=O) groups is 2. The van der Waals surface area contributed by atoms with Gasteiger partial charge in [-0.05, 0) is 49.1 Å². The second kappa shape index (κ2) is 7.89. The molecular weight excluding hydrogens is 396 g/mol. The third-order valence-corrected chi connectivity index (χ3v) is 5.34. The van der Waals surface area contributed by atoms with Crippen molar-refractivity contribution >= 4 is 17.7 Å². The molecule has 2 atom stereocenters. The van der Waals surface area contributed by atoms with Crippen LogP contribution in [0.5, 0.6) is 5.88 Å². The molecule has 0 bridgehead atoms. The van der Waals surface area contributed by atoms with Crippen LogP contribution in [0, 0.1) is 5.82 Å². The first-order valence-corrected chi connectivity index (χ1v) is 9.70. The summed E-state index contributed by atoms with van der Waals surface area (Å²) in [6.45, 7) is 2.09. The first kappa shape index (κ1) is 20.1. The SMILES string of the molecule is C[C@H]1COc2nc(C(=O)N3CC[C@H](F)C3)c(Cc3ccc(F)cc3)cc2N1C(=O)O. The molecule has 1 fully saturated rings. The van der Waals surface area contributed by atoms with E-state index in [2.05, 4.69) is 4.98 Å². The fourth-order valence-electron chi connectivity index (χ4n) is 3.80. The monoisotopic (exact) mass is 417 g/mol. The minimum atomic E-state index is -1.15. The minimum absolute atomic E-state index is 0.00721. The Bertz CT molecular complexity index is 983. The molecular formula is C21H21F2N3O4. The first-order chi connectivity index (χ1) is 14.3. The predicted molar refractivity (Wildman–Crippen MR) is 104 cm³/mol. The predicted octanol–water partition coefficient (Wildman–Crippen LogP) is 3.26. The zero-order valence-corrected chi connectivity index (χ0v) is 16.3. The molecule has 9 heteroatoms. The number of nitrogens with zero attached hydrogens (tertiary/aromatic N) is 3.